The summed E-state index contributed by atoms with van der Waals surface area (Å²) in [4.78, 5) is 0. The minimum atomic E-state index is 1.01. The summed E-state index contributed by atoms with van der Waals surface area (Å²) in [5.41, 5.74) is 4.06. The van der Waals surface area contributed by atoms with Crippen molar-refractivity contribution in [2.24, 2.45) is 0 Å². The van der Waals surface area contributed by atoms with Crippen LogP contribution in [0.3, 0.4) is 0 Å². The monoisotopic (exact) mass is 214 g/mol. The van der Waals surface area contributed by atoms with E-state index in [-0.39, 0.29) is 0 Å². The molecule has 0 aliphatic heterocycles. The standard InChI is InChI=1S/C15H18O/c1-5-12-10(2)11(3)13-8-6-7-9-14(13)15(12)16-4/h6-9H,5H2,1-4H3. The Balaban J connectivity index is 2.94. The number of benzene rings is 2. The van der Waals surface area contributed by atoms with Crippen LogP contribution in [0.5, 0.6) is 5.75 Å². The van der Waals surface area contributed by atoms with Gasteiger partial charge in [0, 0.05) is 5.39 Å². The second-order valence-corrected chi connectivity index (χ2v) is 4.16. The van der Waals surface area contributed by atoms with Gasteiger partial charge in [0.2, 0.25) is 0 Å². The van der Waals surface area contributed by atoms with Crippen LogP contribution in [0, 0.1) is 13.8 Å². The molecule has 0 fully saturated rings. The maximum absolute atomic E-state index is 5.59. The number of ether oxygens (including phenoxy) is 1. The normalized spacial score (nSPS) is 10.8. The van der Waals surface area contributed by atoms with Crippen molar-refractivity contribution in [2.45, 2.75) is 27.2 Å². The van der Waals surface area contributed by atoms with Gasteiger partial charge in [-0.05, 0) is 42.3 Å². The van der Waals surface area contributed by atoms with Crippen LogP contribution in [-0.2, 0) is 6.42 Å². The van der Waals surface area contributed by atoms with Crippen molar-refractivity contribution in [1.82, 2.24) is 0 Å². The highest BCUT2D eigenvalue weighted by Crippen LogP contribution is 2.35. The molecule has 0 amide bonds. The lowest BCUT2D eigenvalue weighted by molar-refractivity contribution is 0.414. The van der Waals surface area contributed by atoms with Crippen molar-refractivity contribution in [3.05, 3.63) is 41.0 Å². The van der Waals surface area contributed by atoms with Crippen molar-refractivity contribution >= 4 is 10.8 Å². The summed E-state index contributed by atoms with van der Waals surface area (Å²) in [5, 5.41) is 2.53. The summed E-state index contributed by atoms with van der Waals surface area (Å²) < 4.78 is 5.59. The van der Waals surface area contributed by atoms with E-state index in [0.29, 0.717) is 0 Å². The molecular formula is C15H18O. The Bertz CT molecular complexity index is 526. The van der Waals surface area contributed by atoms with Crippen LogP contribution >= 0.6 is 0 Å². The molecule has 0 aliphatic carbocycles. The van der Waals surface area contributed by atoms with Gasteiger partial charge in [-0.25, -0.2) is 0 Å². The fraction of sp³-hybridized carbons (Fsp3) is 0.333. The first-order valence-electron chi connectivity index (χ1n) is 5.75. The lowest BCUT2D eigenvalue weighted by atomic mass is 9.93. The molecule has 16 heavy (non-hydrogen) atoms. The number of hydrogen-bond donors (Lipinski definition) is 0. The minimum absolute atomic E-state index is 1.01. The number of methoxy groups -OCH3 is 1. The Morgan fingerprint density at radius 3 is 2.19 bits per heavy atom. The van der Waals surface area contributed by atoms with Crippen LogP contribution in [0.1, 0.15) is 23.6 Å². The molecule has 0 saturated heterocycles. The third-order valence-electron chi connectivity index (χ3n) is 3.42. The molecule has 2 rings (SSSR count). The van der Waals surface area contributed by atoms with Crippen LogP contribution < -0.4 is 4.74 Å². The van der Waals surface area contributed by atoms with E-state index in [9.17, 15) is 0 Å². The molecule has 0 aromatic heterocycles. The summed E-state index contributed by atoms with van der Waals surface area (Å²) in [6, 6.07) is 8.46. The average molecular weight is 214 g/mol. The van der Waals surface area contributed by atoms with Gasteiger partial charge >= 0.3 is 0 Å². The number of fused-ring (bicyclic) bond motifs is 1. The average Bonchev–Trinajstić information content (AvgIpc) is 2.33. The first kappa shape index (κ1) is 11.0. The van der Waals surface area contributed by atoms with Crippen LogP contribution in [0.25, 0.3) is 10.8 Å². The zero-order valence-corrected chi connectivity index (χ0v) is 10.4. The quantitative estimate of drug-likeness (QED) is 0.733. The molecule has 0 N–H and O–H groups in total. The molecule has 84 valence electrons. The van der Waals surface area contributed by atoms with Crippen molar-refractivity contribution in [3.8, 4) is 5.75 Å². The molecule has 0 bridgehead atoms. The topological polar surface area (TPSA) is 9.23 Å². The fourth-order valence-electron chi connectivity index (χ4n) is 2.43. The first-order chi connectivity index (χ1) is 7.70. The van der Waals surface area contributed by atoms with Crippen LogP contribution in [-0.4, -0.2) is 7.11 Å². The fourth-order valence-corrected chi connectivity index (χ4v) is 2.43. The number of aryl methyl sites for hydroxylation is 1. The van der Waals surface area contributed by atoms with Gasteiger partial charge in [0.15, 0.2) is 0 Å². The summed E-state index contributed by atoms with van der Waals surface area (Å²) in [7, 11) is 1.76. The van der Waals surface area contributed by atoms with Crippen molar-refractivity contribution in [3.63, 3.8) is 0 Å². The largest absolute Gasteiger partial charge is 0.496 e. The lowest BCUT2D eigenvalue weighted by Crippen LogP contribution is -1.98. The van der Waals surface area contributed by atoms with Crippen LogP contribution in [0.4, 0.5) is 0 Å². The number of hydrogen-bond acceptors (Lipinski definition) is 1. The zero-order chi connectivity index (χ0) is 11.7. The van der Waals surface area contributed by atoms with Gasteiger partial charge in [-0.15, -0.1) is 0 Å². The Morgan fingerprint density at radius 1 is 1.00 bits per heavy atom. The predicted octanol–water partition coefficient (Wildman–Crippen LogP) is 4.03. The van der Waals surface area contributed by atoms with Crippen molar-refractivity contribution in [1.29, 1.82) is 0 Å². The lowest BCUT2D eigenvalue weighted by Gasteiger charge is -2.16. The van der Waals surface area contributed by atoms with Gasteiger partial charge in [-0.2, -0.15) is 0 Å². The third-order valence-corrected chi connectivity index (χ3v) is 3.42. The highest BCUT2D eigenvalue weighted by Gasteiger charge is 2.13. The van der Waals surface area contributed by atoms with E-state index < -0.39 is 0 Å². The molecule has 0 atom stereocenters. The Labute approximate surface area is 97.1 Å². The molecular weight excluding hydrogens is 196 g/mol. The molecule has 0 spiro atoms. The molecule has 1 heteroatoms. The summed E-state index contributed by atoms with van der Waals surface area (Å²) in [6.07, 6.45) is 1.01. The second kappa shape index (κ2) is 4.17. The molecule has 0 saturated carbocycles. The minimum Gasteiger partial charge on any atom is -0.496 e. The molecule has 1 nitrogen and oxygen atoms in total. The Kier molecular flexibility index (Phi) is 2.86. The highest BCUT2D eigenvalue weighted by molar-refractivity contribution is 5.93. The second-order valence-electron chi connectivity index (χ2n) is 4.16. The van der Waals surface area contributed by atoms with Gasteiger partial charge in [0.1, 0.15) is 5.75 Å². The van der Waals surface area contributed by atoms with Gasteiger partial charge in [0.25, 0.3) is 0 Å². The predicted molar refractivity (Wildman–Crippen MR) is 69.4 cm³/mol. The maximum Gasteiger partial charge on any atom is 0.130 e. The van der Waals surface area contributed by atoms with Crippen LogP contribution in [0.2, 0.25) is 0 Å². The van der Waals surface area contributed by atoms with Crippen molar-refractivity contribution < 1.29 is 4.74 Å². The molecule has 0 unspecified atom stereocenters. The van der Waals surface area contributed by atoms with E-state index in [2.05, 4.69) is 45.0 Å². The summed E-state index contributed by atoms with van der Waals surface area (Å²) >= 11 is 0. The molecule has 0 aliphatic rings. The zero-order valence-electron chi connectivity index (χ0n) is 10.4. The summed E-state index contributed by atoms with van der Waals surface area (Å²) in [5.74, 6) is 1.04. The van der Waals surface area contributed by atoms with E-state index in [0.717, 1.165) is 12.2 Å². The van der Waals surface area contributed by atoms with Crippen molar-refractivity contribution in [2.75, 3.05) is 7.11 Å². The first-order valence-corrected chi connectivity index (χ1v) is 5.75. The van der Waals surface area contributed by atoms with E-state index in [1.807, 2.05) is 0 Å². The SMILES string of the molecule is CCc1c(C)c(C)c2ccccc2c1OC. The van der Waals surface area contributed by atoms with Gasteiger partial charge < -0.3 is 4.74 Å². The van der Waals surface area contributed by atoms with E-state index in [1.165, 1.54) is 27.5 Å². The maximum atomic E-state index is 5.59. The number of rotatable bonds is 2. The molecule has 0 heterocycles. The van der Waals surface area contributed by atoms with Gasteiger partial charge in [0.05, 0.1) is 7.11 Å². The van der Waals surface area contributed by atoms with E-state index in [1.54, 1.807) is 7.11 Å². The smallest absolute Gasteiger partial charge is 0.130 e. The van der Waals surface area contributed by atoms with Gasteiger partial charge in [-0.1, -0.05) is 31.2 Å². The summed E-state index contributed by atoms with van der Waals surface area (Å²) in [6.45, 7) is 6.55. The third kappa shape index (κ3) is 1.47. The molecule has 0 radical (unpaired) electrons. The van der Waals surface area contributed by atoms with E-state index in [4.69, 9.17) is 4.74 Å². The molecule has 2 aromatic rings. The van der Waals surface area contributed by atoms with Gasteiger partial charge in [-0.3, -0.25) is 0 Å². The van der Waals surface area contributed by atoms with E-state index >= 15 is 0 Å². The Hall–Kier alpha value is -1.50. The Morgan fingerprint density at radius 2 is 1.62 bits per heavy atom. The van der Waals surface area contributed by atoms with Crippen LogP contribution in [0.15, 0.2) is 24.3 Å². The molecule has 2 aromatic carbocycles. The highest BCUT2D eigenvalue weighted by atomic mass is 16.5.